The molecule has 1 aliphatic carbocycles. The van der Waals surface area contributed by atoms with Crippen molar-refractivity contribution in [3.8, 4) is 0 Å². The highest BCUT2D eigenvalue weighted by atomic mass is 17.1. The van der Waals surface area contributed by atoms with Crippen molar-refractivity contribution in [2.45, 2.75) is 97.2 Å². The Hall–Kier alpha value is -2.68. The number of alkyl carbamates (subject to hydrolysis) is 2. The Bertz CT molecular complexity index is 733. The van der Waals surface area contributed by atoms with Crippen LogP contribution in [0.1, 0.15) is 73.1 Å². The van der Waals surface area contributed by atoms with Crippen LogP contribution in [0.5, 0.6) is 0 Å². The zero-order valence-corrected chi connectivity index (χ0v) is 20.7. The molecule has 35 heavy (non-hydrogen) atoms. The number of aliphatic carboxylic acids is 1. The number of esters is 1. The lowest BCUT2D eigenvalue weighted by molar-refractivity contribution is -0.504. The molecule has 2 amide bonds. The third-order valence-corrected chi connectivity index (χ3v) is 5.26. The van der Waals surface area contributed by atoms with Crippen LogP contribution >= 0.6 is 0 Å². The lowest BCUT2D eigenvalue weighted by Crippen LogP contribution is -2.52. The summed E-state index contributed by atoms with van der Waals surface area (Å²) in [6.07, 6.45) is -0.679. The molecule has 5 N–H and O–H groups in total. The normalized spacial score (nSPS) is 18.1. The summed E-state index contributed by atoms with van der Waals surface area (Å²) < 4.78 is 15.2. The molecule has 0 saturated heterocycles. The summed E-state index contributed by atoms with van der Waals surface area (Å²) in [5, 5.41) is 31.1. The third-order valence-electron chi connectivity index (χ3n) is 5.26. The van der Waals surface area contributed by atoms with Gasteiger partial charge in [-0.25, -0.2) is 19.2 Å². The van der Waals surface area contributed by atoms with E-state index in [2.05, 4.69) is 15.5 Å². The van der Waals surface area contributed by atoms with E-state index in [4.69, 9.17) is 24.6 Å². The Morgan fingerprint density at radius 2 is 1.60 bits per heavy atom. The molecule has 1 aliphatic rings. The first-order chi connectivity index (χ1) is 16.1. The van der Waals surface area contributed by atoms with E-state index >= 15 is 0 Å². The van der Waals surface area contributed by atoms with Gasteiger partial charge in [-0.1, -0.05) is 19.3 Å². The predicted octanol–water partition coefficient (Wildman–Crippen LogP) is 2.32. The van der Waals surface area contributed by atoms with Crippen molar-refractivity contribution in [3.05, 3.63) is 0 Å². The maximum Gasteiger partial charge on any atom is 0.410 e. The van der Waals surface area contributed by atoms with E-state index in [1.54, 1.807) is 20.8 Å². The van der Waals surface area contributed by atoms with Gasteiger partial charge in [-0.2, -0.15) is 0 Å². The highest BCUT2D eigenvalue weighted by Gasteiger charge is 2.36. The number of nitrogens with zero attached hydrogens (tertiary/aromatic N) is 1. The van der Waals surface area contributed by atoms with E-state index in [1.807, 2.05) is 0 Å². The summed E-state index contributed by atoms with van der Waals surface area (Å²) in [6.45, 7) is 7.40. The highest BCUT2D eigenvalue weighted by molar-refractivity contribution is 5.82. The van der Waals surface area contributed by atoms with Gasteiger partial charge in [0.05, 0.1) is 11.8 Å². The van der Waals surface area contributed by atoms with Gasteiger partial charge in [0.2, 0.25) is 6.29 Å². The quantitative estimate of drug-likeness (QED) is 0.156. The molecule has 202 valence electrons. The number of carboxylic acids is 1. The summed E-state index contributed by atoms with van der Waals surface area (Å²) in [5.74, 6) is -2.06. The van der Waals surface area contributed by atoms with Gasteiger partial charge in [-0.05, 0) is 46.0 Å². The van der Waals surface area contributed by atoms with E-state index in [9.17, 15) is 24.3 Å². The summed E-state index contributed by atoms with van der Waals surface area (Å²) in [4.78, 5) is 52.8. The van der Waals surface area contributed by atoms with Gasteiger partial charge >= 0.3 is 24.1 Å². The van der Waals surface area contributed by atoms with Crippen molar-refractivity contribution >= 4 is 24.1 Å². The van der Waals surface area contributed by atoms with E-state index in [1.165, 1.54) is 13.8 Å². The maximum absolute atomic E-state index is 12.6. The average molecular weight is 508 g/mol. The van der Waals surface area contributed by atoms with Gasteiger partial charge in [0.1, 0.15) is 11.7 Å². The van der Waals surface area contributed by atoms with Crippen LogP contribution in [-0.2, 0) is 28.6 Å². The van der Waals surface area contributed by atoms with Crippen molar-refractivity contribution < 1.29 is 53.7 Å². The van der Waals surface area contributed by atoms with Crippen LogP contribution in [0.25, 0.3) is 0 Å². The lowest BCUT2D eigenvalue weighted by atomic mass is 9.72. The summed E-state index contributed by atoms with van der Waals surface area (Å²) >= 11 is 0. The molecular formula is C21H37N3O11. The fourth-order valence-corrected chi connectivity index (χ4v) is 3.76. The average Bonchev–Trinajstić information content (AvgIpc) is 2.68. The lowest BCUT2D eigenvalue weighted by Gasteiger charge is -2.36. The van der Waals surface area contributed by atoms with Crippen LogP contribution in [0, 0.1) is 5.41 Å². The molecule has 0 aromatic carbocycles. The SMILES string of the molecule is CC(OC(=O)NCC1(CC(=O)O)CCCCC1)OC(=O)C(NC(=O)OC(C)(C)C)C(C)ON(O)O. The van der Waals surface area contributed by atoms with Crippen molar-refractivity contribution in [1.82, 2.24) is 16.0 Å². The maximum atomic E-state index is 12.6. The largest absolute Gasteiger partial charge is 0.481 e. The molecule has 3 unspecified atom stereocenters. The van der Waals surface area contributed by atoms with Gasteiger partial charge in [0, 0.05) is 13.5 Å². The molecule has 14 nitrogen and oxygen atoms in total. The monoisotopic (exact) mass is 507 g/mol. The summed E-state index contributed by atoms with van der Waals surface area (Å²) in [7, 11) is 0. The number of carbonyl (C=O) groups is 4. The van der Waals surface area contributed by atoms with Gasteiger partial charge in [-0.3, -0.25) is 15.2 Å². The van der Waals surface area contributed by atoms with Gasteiger partial charge in [0.15, 0.2) is 6.04 Å². The predicted molar refractivity (Wildman–Crippen MR) is 117 cm³/mol. The first-order valence-electron chi connectivity index (χ1n) is 11.3. The molecule has 0 aromatic heterocycles. The smallest absolute Gasteiger partial charge is 0.410 e. The molecule has 3 atom stereocenters. The first kappa shape index (κ1) is 30.4. The van der Waals surface area contributed by atoms with Gasteiger partial charge in [-0.15, -0.1) is 0 Å². The number of amides is 2. The van der Waals surface area contributed by atoms with Gasteiger partial charge < -0.3 is 30.0 Å². The topological polar surface area (TPSA) is 193 Å². The number of hydrogen-bond donors (Lipinski definition) is 5. The van der Waals surface area contributed by atoms with Crippen molar-refractivity contribution in [2.24, 2.45) is 5.41 Å². The number of rotatable bonds is 11. The molecule has 1 saturated carbocycles. The zero-order chi connectivity index (χ0) is 26.8. The number of carboxylic acid groups (broad SMARTS) is 1. The van der Waals surface area contributed by atoms with Crippen LogP contribution in [0.2, 0.25) is 0 Å². The van der Waals surface area contributed by atoms with Crippen molar-refractivity contribution in [3.63, 3.8) is 0 Å². The first-order valence-corrected chi connectivity index (χ1v) is 11.3. The minimum atomic E-state index is -1.57. The Kier molecular flexibility index (Phi) is 11.6. The minimum absolute atomic E-state index is 0.0829. The number of hydrogen-bond acceptors (Lipinski definition) is 11. The van der Waals surface area contributed by atoms with Crippen LogP contribution in [0.15, 0.2) is 0 Å². The fourth-order valence-electron chi connectivity index (χ4n) is 3.76. The molecule has 0 aromatic rings. The molecular weight excluding hydrogens is 470 g/mol. The molecule has 14 heteroatoms. The number of nitrogens with one attached hydrogen (secondary N) is 2. The molecule has 0 aliphatic heterocycles. The Balaban J connectivity index is 2.71. The van der Waals surface area contributed by atoms with Crippen molar-refractivity contribution in [2.75, 3.05) is 6.54 Å². The van der Waals surface area contributed by atoms with E-state index in [-0.39, 0.29) is 13.0 Å². The fraction of sp³-hybridized carbons (Fsp3) is 0.810. The van der Waals surface area contributed by atoms with Crippen LogP contribution in [0.4, 0.5) is 9.59 Å². The zero-order valence-electron chi connectivity index (χ0n) is 20.7. The molecule has 1 fully saturated rings. The second-order valence-corrected chi connectivity index (χ2v) is 9.58. The molecule has 0 bridgehead atoms. The standard InChI is InChI=1S/C21H37N3O11/c1-13(35-24(30)31)16(23-19(29)34-20(3,4)5)17(27)32-14(2)33-18(28)22-12-21(11-15(25)26)9-7-6-8-10-21/h13-14,16,30-31H,6-12H2,1-5H3,(H,22,28)(H,23,29)(H,25,26). The Labute approximate surface area is 203 Å². The Morgan fingerprint density at radius 1 is 1.00 bits per heavy atom. The highest BCUT2D eigenvalue weighted by Crippen LogP contribution is 2.38. The van der Waals surface area contributed by atoms with Crippen LogP contribution in [-0.4, -0.2) is 75.6 Å². The number of ether oxygens (including phenoxy) is 3. The van der Waals surface area contributed by atoms with Gasteiger partial charge in [0.25, 0.3) is 0 Å². The number of carbonyl (C=O) groups excluding carboxylic acids is 3. The van der Waals surface area contributed by atoms with Crippen LogP contribution < -0.4 is 10.6 Å². The molecule has 1 rings (SSSR count). The summed E-state index contributed by atoms with van der Waals surface area (Å²) in [5.41, 5.74) is -1.45. The van der Waals surface area contributed by atoms with Crippen molar-refractivity contribution in [1.29, 1.82) is 0 Å². The van der Waals surface area contributed by atoms with E-state index < -0.39 is 59.0 Å². The third kappa shape index (κ3) is 12.0. The molecule has 0 radical (unpaired) electrons. The minimum Gasteiger partial charge on any atom is -0.481 e. The molecule has 0 spiro atoms. The van der Waals surface area contributed by atoms with E-state index in [0.29, 0.717) is 12.8 Å². The second kappa shape index (κ2) is 13.4. The summed E-state index contributed by atoms with van der Waals surface area (Å²) in [6, 6.07) is -1.57. The molecule has 0 heterocycles. The van der Waals surface area contributed by atoms with E-state index in [0.717, 1.165) is 19.3 Å². The second-order valence-electron chi connectivity index (χ2n) is 9.58. The Morgan fingerprint density at radius 3 is 2.11 bits per heavy atom. The van der Waals surface area contributed by atoms with Crippen LogP contribution in [0.3, 0.4) is 0 Å².